The fourth-order valence-corrected chi connectivity index (χ4v) is 3.05. The molecule has 2 aromatic rings. The minimum Gasteiger partial charge on any atom is -0.487 e. The predicted octanol–water partition coefficient (Wildman–Crippen LogP) is 4.75. The third kappa shape index (κ3) is 4.32. The van der Waals surface area contributed by atoms with E-state index in [9.17, 15) is 12.8 Å². The smallest absolute Gasteiger partial charge is 0.261 e. The molecule has 0 fully saturated rings. The molecule has 0 aliphatic heterocycles. The molecular weight excluding hydrogens is 406 g/mol. The Labute approximate surface area is 139 Å². The van der Waals surface area contributed by atoms with E-state index in [1.54, 1.807) is 12.1 Å². The average molecular weight is 414 g/mol. The Hall–Kier alpha value is -0.820. The van der Waals surface area contributed by atoms with Gasteiger partial charge in [-0.2, -0.15) is 0 Å². The van der Waals surface area contributed by atoms with E-state index in [4.69, 9.17) is 27.0 Å². The summed E-state index contributed by atoms with van der Waals surface area (Å²) in [6.45, 7) is -0.0437. The SMILES string of the molecule is O=S(=O)(Cl)c1ccc(OCc2cc(Br)ccc2F)c(Cl)c1. The van der Waals surface area contributed by atoms with Gasteiger partial charge in [0.2, 0.25) is 0 Å². The van der Waals surface area contributed by atoms with Crippen LogP contribution in [0.5, 0.6) is 5.75 Å². The van der Waals surface area contributed by atoms with E-state index in [1.165, 1.54) is 24.3 Å². The van der Waals surface area contributed by atoms with E-state index in [2.05, 4.69) is 15.9 Å². The van der Waals surface area contributed by atoms with Crippen molar-refractivity contribution in [2.75, 3.05) is 0 Å². The fourth-order valence-electron chi connectivity index (χ4n) is 1.56. The molecule has 3 nitrogen and oxygen atoms in total. The van der Waals surface area contributed by atoms with Crippen molar-refractivity contribution in [3.8, 4) is 5.75 Å². The summed E-state index contributed by atoms with van der Waals surface area (Å²) < 4.78 is 42.0. The summed E-state index contributed by atoms with van der Waals surface area (Å²) in [5, 5.41) is 0.0760. The molecule has 0 aromatic heterocycles. The normalized spacial score (nSPS) is 11.4. The van der Waals surface area contributed by atoms with Crippen LogP contribution < -0.4 is 4.74 Å². The van der Waals surface area contributed by atoms with Crippen molar-refractivity contribution in [2.45, 2.75) is 11.5 Å². The first-order valence-corrected chi connectivity index (χ1v) is 9.06. The van der Waals surface area contributed by atoms with Gasteiger partial charge in [0, 0.05) is 20.7 Å². The second-order valence-electron chi connectivity index (χ2n) is 4.05. The van der Waals surface area contributed by atoms with Gasteiger partial charge in [-0.25, -0.2) is 12.8 Å². The highest BCUT2D eigenvalue weighted by atomic mass is 79.9. The van der Waals surface area contributed by atoms with Crippen LogP contribution in [0.15, 0.2) is 45.8 Å². The van der Waals surface area contributed by atoms with Crippen molar-refractivity contribution in [3.63, 3.8) is 0 Å². The molecule has 0 N–H and O–H groups in total. The van der Waals surface area contributed by atoms with Gasteiger partial charge in [0.1, 0.15) is 18.2 Å². The van der Waals surface area contributed by atoms with E-state index in [0.29, 0.717) is 5.56 Å². The Morgan fingerprint density at radius 2 is 1.90 bits per heavy atom. The van der Waals surface area contributed by atoms with Crippen LogP contribution in [-0.2, 0) is 15.7 Å². The summed E-state index contributed by atoms with van der Waals surface area (Å²) in [5.41, 5.74) is 0.342. The van der Waals surface area contributed by atoms with Crippen LogP contribution >= 0.6 is 38.2 Å². The number of rotatable bonds is 4. The van der Waals surface area contributed by atoms with Crippen LogP contribution in [0.2, 0.25) is 5.02 Å². The summed E-state index contributed by atoms with van der Waals surface area (Å²) in [6, 6.07) is 8.28. The molecular formula is C13H8BrCl2FO3S. The minimum atomic E-state index is -3.86. The fraction of sp³-hybridized carbons (Fsp3) is 0.0769. The number of hydrogen-bond acceptors (Lipinski definition) is 3. The zero-order chi connectivity index (χ0) is 15.6. The molecule has 0 saturated heterocycles. The van der Waals surface area contributed by atoms with E-state index in [1.807, 2.05) is 0 Å². The Morgan fingerprint density at radius 3 is 2.52 bits per heavy atom. The molecule has 0 spiro atoms. The number of halogens is 4. The third-order valence-electron chi connectivity index (χ3n) is 2.58. The first-order valence-electron chi connectivity index (χ1n) is 5.58. The summed E-state index contributed by atoms with van der Waals surface area (Å²) in [7, 11) is 1.36. The van der Waals surface area contributed by atoms with Crippen molar-refractivity contribution < 1.29 is 17.5 Å². The standard InChI is InChI=1S/C13H8BrCl2FO3S/c14-9-1-3-12(17)8(5-9)7-20-13-4-2-10(6-11(13)15)21(16,18)19/h1-6H,7H2. The summed E-state index contributed by atoms with van der Waals surface area (Å²) >= 11 is 9.16. The third-order valence-corrected chi connectivity index (χ3v) is 4.72. The molecule has 0 atom stereocenters. The molecule has 0 bridgehead atoms. The van der Waals surface area contributed by atoms with Crippen molar-refractivity contribution >= 4 is 47.3 Å². The second-order valence-corrected chi connectivity index (χ2v) is 7.94. The summed E-state index contributed by atoms with van der Waals surface area (Å²) in [5.74, 6) is -0.172. The van der Waals surface area contributed by atoms with Crippen molar-refractivity contribution in [2.24, 2.45) is 0 Å². The molecule has 0 saturated carbocycles. The zero-order valence-electron chi connectivity index (χ0n) is 10.3. The number of ether oxygens (including phenoxy) is 1. The maximum Gasteiger partial charge on any atom is 0.261 e. The van der Waals surface area contributed by atoms with Gasteiger partial charge in [-0.15, -0.1) is 0 Å². The first-order chi connectivity index (χ1) is 9.77. The largest absolute Gasteiger partial charge is 0.487 e. The molecule has 0 radical (unpaired) electrons. The molecule has 0 amide bonds. The molecule has 0 aliphatic rings. The Bertz CT molecular complexity index is 781. The van der Waals surface area contributed by atoms with Gasteiger partial charge in [0.15, 0.2) is 0 Å². The molecule has 8 heteroatoms. The monoisotopic (exact) mass is 412 g/mol. The van der Waals surface area contributed by atoms with Crippen LogP contribution in [0, 0.1) is 5.82 Å². The molecule has 2 rings (SSSR count). The van der Waals surface area contributed by atoms with Crippen LogP contribution in [-0.4, -0.2) is 8.42 Å². The second kappa shape index (κ2) is 6.52. The lowest BCUT2D eigenvalue weighted by molar-refractivity contribution is 0.300. The number of hydrogen-bond donors (Lipinski definition) is 0. The van der Waals surface area contributed by atoms with Crippen molar-refractivity contribution in [1.29, 1.82) is 0 Å². The maximum atomic E-state index is 13.6. The highest BCUT2D eigenvalue weighted by Gasteiger charge is 2.13. The molecule has 112 valence electrons. The van der Waals surface area contributed by atoms with Gasteiger partial charge >= 0.3 is 0 Å². The van der Waals surface area contributed by atoms with E-state index in [-0.39, 0.29) is 22.3 Å². The maximum absolute atomic E-state index is 13.6. The van der Waals surface area contributed by atoms with Gasteiger partial charge in [-0.05, 0) is 36.4 Å². The lowest BCUT2D eigenvalue weighted by atomic mass is 10.2. The topological polar surface area (TPSA) is 43.4 Å². The highest BCUT2D eigenvalue weighted by molar-refractivity contribution is 9.10. The minimum absolute atomic E-state index is 0.0437. The van der Waals surface area contributed by atoms with Crippen LogP contribution in [0.1, 0.15) is 5.56 Å². The van der Waals surface area contributed by atoms with Crippen LogP contribution in [0.4, 0.5) is 4.39 Å². The van der Waals surface area contributed by atoms with Gasteiger partial charge < -0.3 is 4.74 Å². The number of benzene rings is 2. The Kier molecular flexibility index (Phi) is 5.14. The van der Waals surface area contributed by atoms with Crippen molar-refractivity contribution in [1.82, 2.24) is 0 Å². The molecule has 0 heterocycles. The van der Waals surface area contributed by atoms with Gasteiger partial charge in [0.05, 0.1) is 9.92 Å². The van der Waals surface area contributed by atoms with E-state index in [0.717, 1.165) is 4.47 Å². The quantitative estimate of drug-likeness (QED) is 0.679. The highest BCUT2D eigenvalue weighted by Crippen LogP contribution is 2.29. The molecule has 21 heavy (non-hydrogen) atoms. The van der Waals surface area contributed by atoms with Gasteiger partial charge in [-0.1, -0.05) is 27.5 Å². The lowest BCUT2D eigenvalue weighted by Crippen LogP contribution is -2.00. The molecule has 0 unspecified atom stereocenters. The molecule has 2 aromatic carbocycles. The van der Waals surface area contributed by atoms with Crippen LogP contribution in [0.25, 0.3) is 0 Å². The predicted molar refractivity (Wildman–Crippen MR) is 82.9 cm³/mol. The van der Waals surface area contributed by atoms with Gasteiger partial charge in [-0.3, -0.25) is 0 Å². The van der Waals surface area contributed by atoms with E-state index < -0.39 is 14.9 Å². The van der Waals surface area contributed by atoms with Gasteiger partial charge in [0.25, 0.3) is 9.05 Å². The zero-order valence-corrected chi connectivity index (χ0v) is 14.2. The Morgan fingerprint density at radius 1 is 1.19 bits per heavy atom. The van der Waals surface area contributed by atoms with Crippen molar-refractivity contribution in [3.05, 3.63) is 57.3 Å². The molecule has 0 aliphatic carbocycles. The summed E-state index contributed by atoms with van der Waals surface area (Å²) in [6.07, 6.45) is 0. The average Bonchev–Trinajstić information content (AvgIpc) is 2.40. The summed E-state index contributed by atoms with van der Waals surface area (Å²) in [4.78, 5) is -0.129. The van der Waals surface area contributed by atoms with E-state index >= 15 is 0 Å². The Balaban J connectivity index is 2.19. The first kappa shape index (κ1) is 16.5. The van der Waals surface area contributed by atoms with Crippen LogP contribution in [0.3, 0.4) is 0 Å². The lowest BCUT2D eigenvalue weighted by Gasteiger charge is -2.10.